The predicted molar refractivity (Wildman–Crippen MR) is 103 cm³/mol. The Kier molecular flexibility index (Phi) is 4.02. The van der Waals surface area contributed by atoms with Crippen LogP contribution in [0.5, 0.6) is 0 Å². The lowest BCUT2D eigenvalue weighted by Gasteiger charge is -2.14. The monoisotopic (exact) mass is 385 g/mol. The third-order valence-corrected chi connectivity index (χ3v) is 4.62. The highest BCUT2D eigenvalue weighted by molar-refractivity contribution is 5.81. The van der Waals surface area contributed by atoms with Crippen molar-refractivity contribution in [3.63, 3.8) is 0 Å². The maximum Gasteiger partial charge on any atom is 0.291 e. The number of nitrogen functional groups attached to an aromatic ring is 2. The van der Waals surface area contributed by atoms with E-state index in [0.717, 1.165) is 0 Å². The van der Waals surface area contributed by atoms with Gasteiger partial charge in [0.05, 0.1) is 6.33 Å². The first-order valence-corrected chi connectivity index (χ1v) is 8.81. The molecular formula is C17H20FN9O. The van der Waals surface area contributed by atoms with Gasteiger partial charge in [0.25, 0.3) is 6.08 Å². The number of aromatic amines is 1. The van der Waals surface area contributed by atoms with E-state index >= 15 is 0 Å². The van der Waals surface area contributed by atoms with Crippen molar-refractivity contribution in [1.82, 2.24) is 34.1 Å². The molecule has 1 unspecified atom stereocenters. The molecule has 28 heavy (non-hydrogen) atoms. The molecule has 0 aromatic carbocycles. The molecule has 11 heteroatoms. The summed E-state index contributed by atoms with van der Waals surface area (Å²) >= 11 is 0. The molecule has 0 saturated carbocycles. The average Bonchev–Trinajstić information content (AvgIpc) is 3.15. The van der Waals surface area contributed by atoms with Crippen molar-refractivity contribution in [2.75, 3.05) is 11.5 Å². The number of anilines is 2. The van der Waals surface area contributed by atoms with E-state index in [2.05, 4.69) is 24.9 Å². The van der Waals surface area contributed by atoms with Gasteiger partial charge in [0.15, 0.2) is 22.5 Å². The number of aromatic nitrogens is 7. The van der Waals surface area contributed by atoms with Crippen molar-refractivity contribution < 1.29 is 4.39 Å². The van der Waals surface area contributed by atoms with Gasteiger partial charge in [-0.1, -0.05) is 0 Å². The Labute approximate surface area is 158 Å². The quantitative estimate of drug-likeness (QED) is 0.452. The van der Waals surface area contributed by atoms with E-state index in [1.54, 1.807) is 10.9 Å². The highest BCUT2D eigenvalue weighted by Crippen LogP contribution is 2.24. The zero-order valence-corrected chi connectivity index (χ0v) is 15.6. The van der Waals surface area contributed by atoms with E-state index < -0.39 is 6.08 Å². The smallest absolute Gasteiger partial charge is 0.291 e. The van der Waals surface area contributed by atoms with Gasteiger partial charge in [-0.3, -0.25) is 9.36 Å². The number of hydrogen-bond acceptors (Lipinski definition) is 7. The van der Waals surface area contributed by atoms with Crippen LogP contribution in [0.25, 0.3) is 22.3 Å². The van der Waals surface area contributed by atoms with Crippen LogP contribution in [0.1, 0.15) is 38.7 Å². The number of hydrogen-bond donors (Lipinski definition) is 3. The molecule has 4 heterocycles. The number of pyridine rings is 1. The lowest BCUT2D eigenvalue weighted by molar-refractivity contribution is 0.441. The third-order valence-electron chi connectivity index (χ3n) is 4.62. The second kappa shape index (κ2) is 6.29. The van der Waals surface area contributed by atoms with Crippen LogP contribution < -0.4 is 16.9 Å². The second-order valence-electron chi connectivity index (χ2n) is 7.03. The van der Waals surface area contributed by atoms with Crippen LogP contribution in [0.15, 0.2) is 17.2 Å². The molecule has 0 spiro atoms. The van der Waals surface area contributed by atoms with Crippen molar-refractivity contribution in [2.45, 2.75) is 39.3 Å². The van der Waals surface area contributed by atoms with Crippen molar-refractivity contribution in [2.24, 2.45) is 0 Å². The summed E-state index contributed by atoms with van der Waals surface area (Å²) in [4.78, 5) is 31.8. The number of nitrogens with one attached hydrogen (secondary N) is 1. The fourth-order valence-electron chi connectivity index (χ4n) is 3.31. The molecule has 4 aromatic rings. The molecule has 4 rings (SSSR count). The summed E-state index contributed by atoms with van der Waals surface area (Å²) < 4.78 is 17.3. The van der Waals surface area contributed by atoms with Crippen LogP contribution in [-0.2, 0) is 6.42 Å². The first-order chi connectivity index (χ1) is 13.3. The highest BCUT2D eigenvalue weighted by Gasteiger charge is 2.20. The highest BCUT2D eigenvalue weighted by atomic mass is 19.1. The van der Waals surface area contributed by atoms with E-state index in [-0.39, 0.29) is 34.7 Å². The van der Waals surface area contributed by atoms with Gasteiger partial charge >= 0.3 is 0 Å². The SMILES string of the molecule is CC(Cc1nc(N)c2nc(F)n(C(C)C)c2n1)n1cnc2c(=O)cc(N)[nH]c21. The molecule has 10 nitrogen and oxygen atoms in total. The maximum absolute atomic E-state index is 14.2. The van der Waals surface area contributed by atoms with Gasteiger partial charge in [-0.05, 0) is 20.8 Å². The maximum atomic E-state index is 14.2. The number of rotatable bonds is 4. The molecule has 0 fully saturated rings. The third kappa shape index (κ3) is 2.75. The molecule has 0 aliphatic heterocycles. The topological polar surface area (TPSA) is 146 Å². The molecule has 146 valence electrons. The lowest BCUT2D eigenvalue weighted by atomic mass is 10.2. The summed E-state index contributed by atoms with van der Waals surface area (Å²) in [6.45, 7) is 5.60. The van der Waals surface area contributed by atoms with Crippen LogP contribution in [0.4, 0.5) is 16.0 Å². The Morgan fingerprint density at radius 3 is 2.64 bits per heavy atom. The first kappa shape index (κ1) is 17.9. The fourth-order valence-corrected chi connectivity index (χ4v) is 3.31. The molecule has 0 aliphatic rings. The van der Waals surface area contributed by atoms with Gasteiger partial charge in [0.2, 0.25) is 5.43 Å². The molecule has 0 amide bonds. The van der Waals surface area contributed by atoms with Crippen LogP contribution in [0.3, 0.4) is 0 Å². The van der Waals surface area contributed by atoms with E-state index in [1.807, 2.05) is 20.8 Å². The van der Waals surface area contributed by atoms with Gasteiger partial charge in [0.1, 0.15) is 17.3 Å². The summed E-state index contributed by atoms with van der Waals surface area (Å²) in [6, 6.07) is 0.957. The summed E-state index contributed by atoms with van der Waals surface area (Å²) in [5.74, 6) is 0.815. The Bertz CT molecular complexity index is 1250. The van der Waals surface area contributed by atoms with E-state index in [9.17, 15) is 9.18 Å². The summed E-state index contributed by atoms with van der Waals surface area (Å²) in [5, 5.41) is 0. The minimum Gasteiger partial charge on any atom is -0.385 e. The van der Waals surface area contributed by atoms with Crippen LogP contribution in [0, 0.1) is 6.08 Å². The molecule has 1 atom stereocenters. The van der Waals surface area contributed by atoms with Crippen molar-refractivity contribution in [3.05, 3.63) is 34.5 Å². The van der Waals surface area contributed by atoms with Crippen molar-refractivity contribution >= 4 is 34.0 Å². The van der Waals surface area contributed by atoms with Crippen LogP contribution in [-0.4, -0.2) is 34.1 Å². The summed E-state index contributed by atoms with van der Waals surface area (Å²) in [7, 11) is 0. The van der Waals surface area contributed by atoms with Crippen molar-refractivity contribution in [3.8, 4) is 0 Å². The summed E-state index contributed by atoms with van der Waals surface area (Å²) in [5.41, 5.74) is 12.9. The lowest BCUT2D eigenvalue weighted by Crippen LogP contribution is -2.13. The molecule has 0 bridgehead atoms. The Morgan fingerprint density at radius 2 is 1.93 bits per heavy atom. The largest absolute Gasteiger partial charge is 0.385 e. The number of H-pyrrole nitrogens is 1. The number of nitrogens with two attached hydrogens (primary N) is 2. The molecule has 4 aromatic heterocycles. The molecule has 0 radical (unpaired) electrons. The van der Waals surface area contributed by atoms with E-state index in [4.69, 9.17) is 11.5 Å². The van der Waals surface area contributed by atoms with Gasteiger partial charge in [-0.25, -0.2) is 15.0 Å². The van der Waals surface area contributed by atoms with Gasteiger partial charge in [-0.2, -0.15) is 9.37 Å². The number of nitrogens with zero attached hydrogens (tertiary/aromatic N) is 6. The predicted octanol–water partition coefficient (Wildman–Crippen LogP) is 1.55. The minimum absolute atomic E-state index is 0.124. The molecule has 0 saturated heterocycles. The number of imidazole rings is 2. The van der Waals surface area contributed by atoms with E-state index in [1.165, 1.54) is 10.6 Å². The van der Waals surface area contributed by atoms with Crippen LogP contribution >= 0.6 is 0 Å². The molecular weight excluding hydrogens is 365 g/mol. The zero-order chi connectivity index (χ0) is 20.2. The number of halogens is 1. The zero-order valence-electron chi connectivity index (χ0n) is 15.6. The fraction of sp³-hybridized carbons (Fsp3) is 0.353. The van der Waals surface area contributed by atoms with Gasteiger partial charge in [0, 0.05) is 24.6 Å². The second-order valence-corrected chi connectivity index (χ2v) is 7.03. The Hall–Kier alpha value is -3.50. The van der Waals surface area contributed by atoms with Gasteiger partial charge < -0.3 is 21.0 Å². The Balaban J connectivity index is 1.76. The minimum atomic E-state index is -0.648. The Morgan fingerprint density at radius 1 is 1.18 bits per heavy atom. The van der Waals surface area contributed by atoms with Gasteiger partial charge in [-0.15, -0.1) is 0 Å². The van der Waals surface area contributed by atoms with Crippen LogP contribution in [0.2, 0.25) is 0 Å². The standard InChI is InChI=1S/C17H20FN9O/c1-7(2)27-16-13(25-17(27)18)14(20)23-11(24-16)4-8(3)26-6-21-12-9(28)5-10(19)22-15(12)26/h5-8H,4H2,1-3H3,(H3,19,22,28)(H2,20,23,24). The average molecular weight is 385 g/mol. The number of fused-ring (bicyclic) bond motifs is 2. The normalized spacial score (nSPS) is 13.0. The van der Waals surface area contributed by atoms with E-state index in [0.29, 0.717) is 29.1 Å². The molecule has 5 N–H and O–H groups in total. The summed E-state index contributed by atoms with van der Waals surface area (Å²) in [6.07, 6.45) is 1.30. The first-order valence-electron chi connectivity index (χ1n) is 8.81. The molecule has 0 aliphatic carbocycles. The van der Waals surface area contributed by atoms with Crippen molar-refractivity contribution in [1.29, 1.82) is 0 Å².